The van der Waals surface area contributed by atoms with E-state index < -0.39 is 0 Å². The molecule has 81 valence electrons. The third-order valence-corrected chi connectivity index (χ3v) is 2.79. The van der Waals surface area contributed by atoms with E-state index in [0.717, 1.165) is 23.4 Å². The van der Waals surface area contributed by atoms with Crippen LogP contribution in [-0.4, -0.2) is 0 Å². The second-order valence-electron chi connectivity index (χ2n) is 3.86. The van der Waals surface area contributed by atoms with Crippen LogP contribution in [0.25, 0.3) is 11.1 Å². The van der Waals surface area contributed by atoms with E-state index in [1.54, 1.807) is 0 Å². The van der Waals surface area contributed by atoms with E-state index in [4.69, 9.17) is 11.6 Å². The third-order valence-electron chi connectivity index (χ3n) is 2.55. The summed E-state index contributed by atoms with van der Waals surface area (Å²) in [7, 11) is 0. The standard InChI is InChI=1S/C15H14Cl/c1-2-4-12-7-9-13(10-8-12)14-5-3-6-15(16)11-14/h3,5-7,9-11H,2,4H2,1H3. The van der Waals surface area contributed by atoms with Crippen molar-refractivity contribution in [3.05, 3.63) is 59.1 Å². The molecule has 0 aliphatic heterocycles. The lowest BCUT2D eigenvalue weighted by molar-refractivity contribution is 0.920. The lowest BCUT2D eigenvalue weighted by Crippen LogP contribution is -1.84. The van der Waals surface area contributed by atoms with Gasteiger partial charge in [0, 0.05) is 5.02 Å². The molecule has 0 aliphatic carbocycles. The van der Waals surface area contributed by atoms with Crippen LogP contribution in [0.3, 0.4) is 0 Å². The number of rotatable bonds is 3. The second kappa shape index (κ2) is 5.18. The van der Waals surface area contributed by atoms with Gasteiger partial charge in [-0.3, -0.25) is 0 Å². The normalized spacial score (nSPS) is 10.4. The molecule has 0 aromatic heterocycles. The van der Waals surface area contributed by atoms with Crippen LogP contribution in [0.5, 0.6) is 0 Å². The van der Waals surface area contributed by atoms with Gasteiger partial charge in [-0.1, -0.05) is 49.2 Å². The Bertz CT molecular complexity index is 457. The summed E-state index contributed by atoms with van der Waals surface area (Å²) in [6, 6.07) is 17.5. The summed E-state index contributed by atoms with van der Waals surface area (Å²) >= 11 is 5.97. The summed E-state index contributed by atoms with van der Waals surface area (Å²) in [6.45, 7) is 2.18. The third kappa shape index (κ3) is 2.65. The lowest BCUT2D eigenvalue weighted by Gasteiger charge is -2.03. The second-order valence-corrected chi connectivity index (χ2v) is 4.30. The van der Waals surface area contributed by atoms with E-state index in [1.165, 1.54) is 11.1 Å². The molecular weight excluding hydrogens is 216 g/mol. The summed E-state index contributed by atoms with van der Waals surface area (Å²) in [6.07, 6.45) is 2.25. The predicted molar refractivity (Wildman–Crippen MR) is 69.7 cm³/mol. The molecule has 0 bridgehead atoms. The molecule has 0 saturated carbocycles. The fourth-order valence-corrected chi connectivity index (χ4v) is 1.92. The van der Waals surface area contributed by atoms with Crippen molar-refractivity contribution < 1.29 is 0 Å². The molecule has 2 rings (SSSR count). The number of halogens is 1. The molecule has 1 radical (unpaired) electrons. The molecule has 0 atom stereocenters. The monoisotopic (exact) mass is 229 g/mol. The van der Waals surface area contributed by atoms with Crippen molar-refractivity contribution in [1.82, 2.24) is 0 Å². The van der Waals surface area contributed by atoms with E-state index in [1.807, 2.05) is 24.3 Å². The van der Waals surface area contributed by atoms with Crippen LogP contribution in [0, 0.1) is 6.07 Å². The van der Waals surface area contributed by atoms with Gasteiger partial charge in [0.25, 0.3) is 0 Å². The van der Waals surface area contributed by atoms with Crippen LogP contribution in [-0.2, 0) is 6.42 Å². The Hall–Kier alpha value is -1.27. The molecule has 1 heteroatoms. The molecule has 2 aromatic carbocycles. The van der Waals surface area contributed by atoms with Crippen LogP contribution in [0.15, 0.2) is 42.5 Å². The van der Waals surface area contributed by atoms with Crippen LogP contribution < -0.4 is 0 Å². The molecule has 0 amide bonds. The van der Waals surface area contributed by atoms with Gasteiger partial charge in [0.1, 0.15) is 0 Å². The minimum absolute atomic E-state index is 0.773. The summed E-state index contributed by atoms with van der Waals surface area (Å²) in [5.74, 6) is 0. The van der Waals surface area contributed by atoms with Gasteiger partial charge in [-0.2, -0.15) is 0 Å². The molecule has 2 aromatic rings. The molecule has 0 saturated heterocycles. The minimum atomic E-state index is 0.773. The van der Waals surface area contributed by atoms with Gasteiger partial charge in [0.2, 0.25) is 0 Å². The maximum absolute atomic E-state index is 5.97. The molecule has 0 nitrogen and oxygen atoms in total. The van der Waals surface area contributed by atoms with Crippen LogP contribution in [0.2, 0.25) is 5.02 Å². The molecule has 16 heavy (non-hydrogen) atoms. The first-order valence-corrected chi connectivity index (χ1v) is 5.94. The molecule has 0 spiro atoms. The molecule has 0 aliphatic rings. The predicted octanol–water partition coefficient (Wildman–Crippen LogP) is 4.76. The topological polar surface area (TPSA) is 0 Å². The van der Waals surface area contributed by atoms with Crippen molar-refractivity contribution >= 4 is 11.6 Å². The fourth-order valence-electron chi connectivity index (χ4n) is 1.73. The zero-order chi connectivity index (χ0) is 11.4. The van der Waals surface area contributed by atoms with Gasteiger partial charge >= 0.3 is 0 Å². The highest BCUT2D eigenvalue weighted by molar-refractivity contribution is 6.30. The van der Waals surface area contributed by atoms with Gasteiger partial charge < -0.3 is 0 Å². The van der Waals surface area contributed by atoms with Gasteiger partial charge in [-0.05, 0) is 47.4 Å². The first-order valence-electron chi connectivity index (χ1n) is 5.56. The highest BCUT2D eigenvalue weighted by atomic mass is 35.5. The molecule has 0 heterocycles. The fraction of sp³-hybridized carbons (Fsp3) is 0.200. The van der Waals surface area contributed by atoms with Crippen molar-refractivity contribution in [1.29, 1.82) is 0 Å². The van der Waals surface area contributed by atoms with Crippen LogP contribution in [0.1, 0.15) is 18.9 Å². The Morgan fingerprint density at radius 3 is 2.62 bits per heavy atom. The molecule has 0 N–H and O–H groups in total. The van der Waals surface area contributed by atoms with Crippen molar-refractivity contribution in [2.24, 2.45) is 0 Å². The zero-order valence-corrected chi connectivity index (χ0v) is 10.1. The van der Waals surface area contributed by atoms with Crippen LogP contribution in [0.4, 0.5) is 0 Å². The quantitative estimate of drug-likeness (QED) is 0.712. The smallest absolute Gasteiger partial charge is 0.0412 e. The van der Waals surface area contributed by atoms with Crippen LogP contribution >= 0.6 is 11.6 Å². The number of benzene rings is 2. The van der Waals surface area contributed by atoms with Gasteiger partial charge in [0.05, 0.1) is 0 Å². The Balaban J connectivity index is 2.27. The highest BCUT2D eigenvalue weighted by Gasteiger charge is 1.98. The van der Waals surface area contributed by atoms with Gasteiger partial charge in [-0.25, -0.2) is 0 Å². The average molecular weight is 230 g/mol. The highest BCUT2D eigenvalue weighted by Crippen LogP contribution is 2.22. The summed E-state index contributed by atoms with van der Waals surface area (Å²) in [5.41, 5.74) is 3.59. The van der Waals surface area contributed by atoms with Crippen molar-refractivity contribution in [3.63, 3.8) is 0 Å². The van der Waals surface area contributed by atoms with Gasteiger partial charge in [-0.15, -0.1) is 0 Å². The molecule has 0 fully saturated rings. The summed E-state index contributed by atoms with van der Waals surface area (Å²) in [4.78, 5) is 0. The van der Waals surface area contributed by atoms with E-state index >= 15 is 0 Å². The van der Waals surface area contributed by atoms with Crippen molar-refractivity contribution in [2.75, 3.05) is 0 Å². The lowest BCUT2D eigenvalue weighted by atomic mass is 10.0. The van der Waals surface area contributed by atoms with Crippen molar-refractivity contribution in [3.8, 4) is 11.1 Å². The Labute approximate surface area is 102 Å². The summed E-state index contributed by atoms with van der Waals surface area (Å²) in [5, 5.41) is 0.773. The number of hydrogen-bond donors (Lipinski definition) is 0. The zero-order valence-electron chi connectivity index (χ0n) is 9.33. The van der Waals surface area contributed by atoms with E-state index in [-0.39, 0.29) is 0 Å². The number of aryl methyl sites for hydroxylation is 1. The Kier molecular flexibility index (Phi) is 3.63. The van der Waals surface area contributed by atoms with Crippen molar-refractivity contribution in [2.45, 2.75) is 19.8 Å². The maximum atomic E-state index is 5.97. The van der Waals surface area contributed by atoms with E-state index in [9.17, 15) is 0 Å². The largest absolute Gasteiger partial charge is 0.0843 e. The SMILES string of the molecule is CCCc1[c]cc(-c2cccc(Cl)c2)cc1. The van der Waals surface area contributed by atoms with E-state index in [2.05, 4.69) is 31.2 Å². The Morgan fingerprint density at radius 1 is 1.12 bits per heavy atom. The van der Waals surface area contributed by atoms with E-state index in [0.29, 0.717) is 0 Å². The molecular formula is C15H14Cl. The number of hydrogen-bond acceptors (Lipinski definition) is 0. The first kappa shape index (κ1) is 11.2. The summed E-state index contributed by atoms with van der Waals surface area (Å²) < 4.78 is 0. The Morgan fingerprint density at radius 2 is 2.00 bits per heavy atom. The van der Waals surface area contributed by atoms with Gasteiger partial charge in [0.15, 0.2) is 0 Å². The average Bonchev–Trinajstić information content (AvgIpc) is 2.30. The first-order chi connectivity index (χ1) is 7.79. The molecule has 0 unspecified atom stereocenters. The minimum Gasteiger partial charge on any atom is -0.0843 e. The maximum Gasteiger partial charge on any atom is 0.0412 e.